The molecule has 120 valence electrons. The number of nitrogens with zero attached hydrogens (tertiary/aromatic N) is 1. The van der Waals surface area contributed by atoms with Gasteiger partial charge in [-0.15, -0.1) is 0 Å². The molecular weight excluding hydrogens is 298 g/mol. The van der Waals surface area contributed by atoms with Gasteiger partial charge in [0.1, 0.15) is 0 Å². The van der Waals surface area contributed by atoms with Crippen LogP contribution in [0.2, 0.25) is 0 Å². The molecular formula is C20H19N3O. The number of aromatic nitrogens is 1. The van der Waals surface area contributed by atoms with Crippen LogP contribution in [0.4, 0.5) is 5.69 Å². The zero-order valence-electron chi connectivity index (χ0n) is 13.3. The molecule has 0 unspecified atom stereocenters. The van der Waals surface area contributed by atoms with Crippen molar-refractivity contribution in [3.8, 4) is 0 Å². The van der Waals surface area contributed by atoms with Gasteiger partial charge in [-0.05, 0) is 17.7 Å². The van der Waals surface area contributed by atoms with Crippen molar-refractivity contribution in [1.82, 2.24) is 10.3 Å². The smallest absolute Gasteiger partial charge is 0.229 e. The highest BCUT2D eigenvalue weighted by Crippen LogP contribution is 2.30. The Morgan fingerprint density at radius 3 is 2.71 bits per heavy atom. The molecule has 3 aromatic rings. The summed E-state index contributed by atoms with van der Waals surface area (Å²) < 4.78 is 0. The number of anilines is 1. The summed E-state index contributed by atoms with van der Waals surface area (Å²) in [5.41, 5.74) is 2.81. The molecule has 0 radical (unpaired) electrons. The van der Waals surface area contributed by atoms with Gasteiger partial charge in [0.05, 0.1) is 17.1 Å². The van der Waals surface area contributed by atoms with Gasteiger partial charge in [0.15, 0.2) is 0 Å². The first kappa shape index (κ1) is 14.8. The first-order valence-corrected chi connectivity index (χ1v) is 8.23. The molecule has 1 fully saturated rings. The number of carbonyl (C=O) groups is 1. The highest BCUT2D eigenvalue weighted by molar-refractivity contribution is 6.01. The molecule has 24 heavy (non-hydrogen) atoms. The molecule has 1 aliphatic rings. The minimum atomic E-state index is -0.0774. The highest BCUT2D eigenvalue weighted by Gasteiger charge is 2.34. The first-order chi connectivity index (χ1) is 11.8. The molecule has 0 aliphatic carbocycles. The highest BCUT2D eigenvalue weighted by atomic mass is 16.2. The van der Waals surface area contributed by atoms with Crippen molar-refractivity contribution in [1.29, 1.82) is 0 Å². The normalized spacial score (nSPS) is 20.2. The van der Waals surface area contributed by atoms with E-state index in [1.165, 1.54) is 5.56 Å². The predicted octanol–water partition coefficient (Wildman–Crippen LogP) is 3.18. The van der Waals surface area contributed by atoms with Gasteiger partial charge in [-0.25, -0.2) is 0 Å². The van der Waals surface area contributed by atoms with Gasteiger partial charge in [-0.1, -0.05) is 48.5 Å². The van der Waals surface area contributed by atoms with E-state index < -0.39 is 0 Å². The largest absolute Gasteiger partial charge is 0.324 e. The molecule has 2 heterocycles. The van der Waals surface area contributed by atoms with E-state index in [-0.39, 0.29) is 17.7 Å². The number of hydrogen-bond acceptors (Lipinski definition) is 3. The minimum Gasteiger partial charge on any atom is -0.324 e. The van der Waals surface area contributed by atoms with Crippen LogP contribution in [0.25, 0.3) is 10.9 Å². The third-order valence-corrected chi connectivity index (χ3v) is 4.67. The monoisotopic (exact) mass is 317 g/mol. The van der Waals surface area contributed by atoms with Crippen LogP contribution < -0.4 is 10.6 Å². The van der Waals surface area contributed by atoms with E-state index in [0.29, 0.717) is 6.54 Å². The van der Waals surface area contributed by atoms with E-state index in [0.717, 1.165) is 23.1 Å². The maximum atomic E-state index is 12.9. The fraction of sp³-hybridized carbons (Fsp3) is 0.200. The van der Waals surface area contributed by atoms with Crippen LogP contribution in [0, 0.1) is 5.92 Å². The molecule has 2 N–H and O–H groups in total. The lowest BCUT2D eigenvalue weighted by atomic mass is 9.88. The third-order valence-electron chi connectivity index (χ3n) is 4.67. The van der Waals surface area contributed by atoms with Gasteiger partial charge in [0.2, 0.25) is 5.91 Å². The summed E-state index contributed by atoms with van der Waals surface area (Å²) in [6, 6.07) is 20.0. The Labute approximate surface area is 140 Å². The van der Waals surface area contributed by atoms with Crippen LogP contribution in [-0.4, -0.2) is 24.0 Å². The molecule has 1 aromatic heterocycles. The Morgan fingerprint density at radius 1 is 1.00 bits per heavy atom. The van der Waals surface area contributed by atoms with Crippen molar-refractivity contribution in [2.45, 2.75) is 5.92 Å². The number of rotatable bonds is 3. The second kappa shape index (κ2) is 6.42. The molecule has 2 atom stereocenters. The Balaban J connectivity index is 1.59. The van der Waals surface area contributed by atoms with Crippen LogP contribution >= 0.6 is 0 Å². The lowest BCUT2D eigenvalue weighted by Crippen LogP contribution is -2.28. The van der Waals surface area contributed by atoms with Crippen molar-refractivity contribution in [3.63, 3.8) is 0 Å². The van der Waals surface area contributed by atoms with E-state index in [1.807, 2.05) is 48.5 Å². The molecule has 0 saturated carbocycles. The minimum absolute atomic E-state index is 0.0482. The molecule has 0 spiro atoms. The summed E-state index contributed by atoms with van der Waals surface area (Å²) >= 11 is 0. The van der Waals surface area contributed by atoms with Crippen LogP contribution in [0.5, 0.6) is 0 Å². The zero-order valence-corrected chi connectivity index (χ0v) is 13.3. The average molecular weight is 317 g/mol. The Kier molecular flexibility index (Phi) is 3.97. The number of amides is 1. The van der Waals surface area contributed by atoms with E-state index in [2.05, 4.69) is 27.8 Å². The van der Waals surface area contributed by atoms with E-state index in [4.69, 9.17) is 0 Å². The summed E-state index contributed by atoms with van der Waals surface area (Å²) in [5, 5.41) is 7.46. The van der Waals surface area contributed by atoms with Crippen molar-refractivity contribution in [2.24, 2.45) is 5.92 Å². The fourth-order valence-electron chi connectivity index (χ4n) is 3.44. The standard InChI is InChI=1S/C20H19N3O/c24-20(17-13-21-12-16(17)14-6-2-1-3-7-14)23-18-10-4-8-15-9-5-11-22-19(15)18/h1-11,16-17,21H,12-13H2,(H,23,24)/t16-,17-/m0/s1. The number of pyridine rings is 1. The van der Waals surface area contributed by atoms with Crippen molar-refractivity contribution in [3.05, 3.63) is 72.4 Å². The third kappa shape index (κ3) is 2.76. The van der Waals surface area contributed by atoms with Crippen molar-refractivity contribution < 1.29 is 4.79 Å². The maximum absolute atomic E-state index is 12.9. The quantitative estimate of drug-likeness (QED) is 0.780. The molecule has 2 aromatic carbocycles. The Morgan fingerprint density at radius 2 is 1.83 bits per heavy atom. The van der Waals surface area contributed by atoms with E-state index >= 15 is 0 Å². The van der Waals surface area contributed by atoms with Gasteiger partial charge in [0, 0.05) is 30.6 Å². The van der Waals surface area contributed by atoms with Crippen LogP contribution in [-0.2, 0) is 4.79 Å². The summed E-state index contributed by atoms with van der Waals surface area (Å²) in [5.74, 6) is 0.174. The van der Waals surface area contributed by atoms with E-state index in [9.17, 15) is 4.79 Å². The number of benzene rings is 2. The molecule has 4 rings (SSSR count). The molecule has 1 amide bonds. The van der Waals surface area contributed by atoms with Gasteiger partial charge in [-0.3, -0.25) is 9.78 Å². The molecule has 4 heteroatoms. The molecule has 1 aliphatic heterocycles. The number of nitrogens with one attached hydrogen (secondary N) is 2. The number of para-hydroxylation sites is 1. The van der Waals surface area contributed by atoms with Crippen molar-refractivity contribution in [2.75, 3.05) is 18.4 Å². The predicted molar refractivity (Wildman–Crippen MR) is 95.9 cm³/mol. The lowest BCUT2D eigenvalue weighted by molar-refractivity contribution is -0.119. The number of fused-ring (bicyclic) bond motifs is 1. The van der Waals surface area contributed by atoms with Gasteiger partial charge >= 0.3 is 0 Å². The Hall–Kier alpha value is -2.72. The molecule has 4 nitrogen and oxygen atoms in total. The second-order valence-corrected chi connectivity index (χ2v) is 6.15. The number of carbonyl (C=O) groups excluding carboxylic acids is 1. The fourth-order valence-corrected chi connectivity index (χ4v) is 3.44. The molecule has 0 bridgehead atoms. The zero-order chi connectivity index (χ0) is 16.4. The molecule has 1 saturated heterocycles. The van der Waals surface area contributed by atoms with Gasteiger partial charge in [-0.2, -0.15) is 0 Å². The summed E-state index contributed by atoms with van der Waals surface area (Å²) in [4.78, 5) is 17.3. The summed E-state index contributed by atoms with van der Waals surface area (Å²) in [7, 11) is 0. The number of hydrogen-bond donors (Lipinski definition) is 2. The van der Waals surface area contributed by atoms with E-state index in [1.54, 1.807) is 6.20 Å². The SMILES string of the molecule is O=C(Nc1cccc2cccnc12)[C@H]1CNC[C@H]1c1ccccc1. The summed E-state index contributed by atoms with van der Waals surface area (Å²) in [6.45, 7) is 1.53. The average Bonchev–Trinajstić information content (AvgIpc) is 3.13. The maximum Gasteiger partial charge on any atom is 0.229 e. The van der Waals surface area contributed by atoms with Crippen LogP contribution in [0.3, 0.4) is 0 Å². The second-order valence-electron chi connectivity index (χ2n) is 6.15. The van der Waals surface area contributed by atoms with Crippen molar-refractivity contribution >= 4 is 22.5 Å². The lowest BCUT2D eigenvalue weighted by Gasteiger charge is -2.19. The van der Waals surface area contributed by atoms with Gasteiger partial charge in [0.25, 0.3) is 0 Å². The Bertz CT molecular complexity index is 858. The van der Waals surface area contributed by atoms with Crippen LogP contribution in [0.15, 0.2) is 66.9 Å². The first-order valence-electron chi connectivity index (χ1n) is 8.23. The van der Waals surface area contributed by atoms with Gasteiger partial charge < -0.3 is 10.6 Å². The summed E-state index contributed by atoms with van der Waals surface area (Å²) in [6.07, 6.45) is 1.75. The van der Waals surface area contributed by atoms with Crippen LogP contribution in [0.1, 0.15) is 11.5 Å². The topological polar surface area (TPSA) is 54.0 Å².